The molecule has 0 aromatic heterocycles. The Kier molecular flexibility index (Phi) is 4.22. The van der Waals surface area contributed by atoms with Crippen molar-refractivity contribution in [3.05, 3.63) is 29.8 Å². The highest BCUT2D eigenvalue weighted by Crippen LogP contribution is 2.32. The lowest BCUT2D eigenvalue weighted by Gasteiger charge is -2.24. The van der Waals surface area contributed by atoms with Gasteiger partial charge in [-0.05, 0) is 37.0 Å². The van der Waals surface area contributed by atoms with Crippen LogP contribution in [-0.4, -0.2) is 12.6 Å². The van der Waals surface area contributed by atoms with Crippen LogP contribution in [0.15, 0.2) is 24.3 Å². The normalized spacial score (nSPS) is 16.1. The fraction of sp³-hybridized carbons (Fsp3) is 0.533. The van der Waals surface area contributed by atoms with E-state index in [0.717, 1.165) is 13.0 Å². The monoisotopic (exact) mass is 243 g/mol. The molecule has 0 unspecified atom stereocenters. The van der Waals surface area contributed by atoms with Gasteiger partial charge in [0, 0.05) is 24.3 Å². The van der Waals surface area contributed by atoms with Crippen LogP contribution in [0, 0.1) is 11.3 Å². The molecule has 1 aromatic rings. The van der Waals surface area contributed by atoms with Crippen LogP contribution in [0.1, 0.15) is 44.2 Å². The molecule has 0 heterocycles. The van der Waals surface area contributed by atoms with Crippen LogP contribution in [0.4, 0.5) is 5.69 Å². The van der Waals surface area contributed by atoms with Crippen molar-refractivity contribution in [2.75, 3.05) is 11.4 Å². The third kappa shape index (κ3) is 3.02. The molecule has 2 rings (SSSR count). The van der Waals surface area contributed by atoms with E-state index in [1.165, 1.54) is 24.1 Å². The van der Waals surface area contributed by atoms with E-state index < -0.39 is 0 Å². The molecule has 3 heteroatoms. The maximum Gasteiger partial charge on any atom is 0.0640 e. The zero-order chi connectivity index (χ0) is 13.0. The number of hydrogen-bond donors (Lipinski definition) is 1. The molecule has 0 aliphatic heterocycles. The van der Waals surface area contributed by atoms with Crippen molar-refractivity contribution in [2.24, 2.45) is 5.73 Å². The Morgan fingerprint density at radius 2 is 2.06 bits per heavy atom. The summed E-state index contributed by atoms with van der Waals surface area (Å²) in [5.74, 6) is 0. The lowest BCUT2D eigenvalue weighted by Crippen LogP contribution is -2.26. The van der Waals surface area contributed by atoms with Gasteiger partial charge in [0.15, 0.2) is 0 Å². The van der Waals surface area contributed by atoms with E-state index in [4.69, 9.17) is 11.0 Å². The Labute approximate surface area is 109 Å². The Morgan fingerprint density at radius 1 is 1.39 bits per heavy atom. The maximum absolute atomic E-state index is 8.72. The van der Waals surface area contributed by atoms with Crippen LogP contribution in [0.5, 0.6) is 0 Å². The fourth-order valence-electron chi connectivity index (χ4n) is 2.23. The van der Waals surface area contributed by atoms with Gasteiger partial charge in [-0.25, -0.2) is 0 Å². The molecule has 3 nitrogen and oxygen atoms in total. The van der Waals surface area contributed by atoms with Gasteiger partial charge in [-0.15, -0.1) is 0 Å². The first-order chi connectivity index (χ1) is 8.76. The fourth-order valence-corrected chi connectivity index (χ4v) is 2.23. The SMILES string of the molecule is CC[C@@H](N)c1ccc(N(CCC#N)C2CC2)cc1. The predicted octanol–water partition coefficient (Wildman–Crippen LogP) is 2.98. The zero-order valence-electron chi connectivity index (χ0n) is 11.0. The highest BCUT2D eigenvalue weighted by atomic mass is 15.2. The number of nitrogens with zero attached hydrogens (tertiary/aromatic N) is 2. The lowest BCUT2D eigenvalue weighted by atomic mass is 10.0. The molecule has 0 amide bonds. The van der Waals surface area contributed by atoms with Crippen LogP contribution in [0.2, 0.25) is 0 Å². The number of nitrogens with two attached hydrogens (primary N) is 1. The molecule has 18 heavy (non-hydrogen) atoms. The predicted molar refractivity (Wildman–Crippen MR) is 74.3 cm³/mol. The average Bonchev–Trinajstić information content (AvgIpc) is 3.24. The van der Waals surface area contributed by atoms with E-state index in [1.807, 2.05) is 0 Å². The minimum Gasteiger partial charge on any atom is -0.368 e. The molecule has 0 saturated heterocycles. The van der Waals surface area contributed by atoms with Gasteiger partial charge in [-0.2, -0.15) is 5.26 Å². The molecule has 1 saturated carbocycles. The number of nitriles is 1. The minimum absolute atomic E-state index is 0.132. The summed E-state index contributed by atoms with van der Waals surface area (Å²) < 4.78 is 0. The Morgan fingerprint density at radius 3 is 2.56 bits per heavy atom. The highest BCUT2D eigenvalue weighted by molar-refractivity contribution is 5.50. The third-order valence-electron chi connectivity index (χ3n) is 3.54. The van der Waals surface area contributed by atoms with Gasteiger partial charge in [0.1, 0.15) is 0 Å². The van der Waals surface area contributed by atoms with Crippen molar-refractivity contribution in [1.29, 1.82) is 5.26 Å². The second-order valence-corrected chi connectivity index (χ2v) is 4.94. The van der Waals surface area contributed by atoms with Gasteiger partial charge in [0.25, 0.3) is 0 Å². The molecular weight excluding hydrogens is 222 g/mol. The van der Waals surface area contributed by atoms with Crippen molar-refractivity contribution in [2.45, 2.75) is 44.7 Å². The first-order valence-corrected chi connectivity index (χ1v) is 6.75. The summed E-state index contributed by atoms with van der Waals surface area (Å²) in [7, 11) is 0. The standard InChI is InChI=1S/C15H21N3/c1-2-15(17)12-4-6-13(7-5-12)18(11-3-10-16)14-8-9-14/h4-7,14-15H,2-3,8-9,11,17H2,1H3/t15-/m1/s1. The summed E-state index contributed by atoms with van der Waals surface area (Å²) in [6, 6.07) is 11.5. The molecule has 1 aliphatic rings. The Bertz CT molecular complexity index is 414. The van der Waals surface area contributed by atoms with Gasteiger partial charge < -0.3 is 10.6 Å². The van der Waals surface area contributed by atoms with Crippen molar-refractivity contribution in [3.63, 3.8) is 0 Å². The van der Waals surface area contributed by atoms with Crippen LogP contribution < -0.4 is 10.6 Å². The molecule has 1 aliphatic carbocycles. The van der Waals surface area contributed by atoms with Crippen LogP contribution in [-0.2, 0) is 0 Å². The van der Waals surface area contributed by atoms with Gasteiger partial charge in [0.2, 0.25) is 0 Å². The molecule has 0 radical (unpaired) electrons. The minimum atomic E-state index is 0.132. The van der Waals surface area contributed by atoms with E-state index in [2.05, 4.69) is 42.2 Å². The van der Waals surface area contributed by atoms with E-state index in [9.17, 15) is 0 Å². The molecule has 1 fully saturated rings. The Hall–Kier alpha value is -1.53. The summed E-state index contributed by atoms with van der Waals surface area (Å²) in [4.78, 5) is 2.35. The quantitative estimate of drug-likeness (QED) is 0.835. The lowest BCUT2D eigenvalue weighted by molar-refractivity contribution is 0.698. The number of rotatable bonds is 6. The molecule has 1 atom stereocenters. The number of benzene rings is 1. The largest absolute Gasteiger partial charge is 0.368 e. The van der Waals surface area contributed by atoms with E-state index in [1.54, 1.807) is 0 Å². The summed E-state index contributed by atoms with van der Waals surface area (Å²) in [6.07, 6.45) is 4.05. The van der Waals surface area contributed by atoms with Crippen LogP contribution in [0.3, 0.4) is 0 Å². The summed E-state index contributed by atoms with van der Waals surface area (Å²) in [6.45, 7) is 2.93. The maximum atomic E-state index is 8.72. The van der Waals surface area contributed by atoms with Gasteiger partial charge in [-0.3, -0.25) is 0 Å². The third-order valence-corrected chi connectivity index (χ3v) is 3.54. The van der Waals surface area contributed by atoms with E-state index in [0.29, 0.717) is 12.5 Å². The van der Waals surface area contributed by atoms with Crippen molar-refractivity contribution >= 4 is 5.69 Å². The molecule has 96 valence electrons. The molecule has 0 bridgehead atoms. The summed E-state index contributed by atoms with van der Waals surface area (Å²) in [5.41, 5.74) is 8.43. The first kappa shape index (κ1) is 12.9. The topological polar surface area (TPSA) is 53.0 Å². The van der Waals surface area contributed by atoms with Gasteiger partial charge in [0.05, 0.1) is 12.5 Å². The second kappa shape index (κ2) is 5.88. The van der Waals surface area contributed by atoms with Gasteiger partial charge >= 0.3 is 0 Å². The van der Waals surface area contributed by atoms with Crippen LogP contribution in [0.25, 0.3) is 0 Å². The molecular formula is C15H21N3. The average molecular weight is 243 g/mol. The summed E-state index contributed by atoms with van der Waals surface area (Å²) >= 11 is 0. The van der Waals surface area contributed by atoms with Crippen molar-refractivity contribution in [3.8, 4) is 6.07 Å². The molecule has 1 aromatic carbocycles. The first-order valence-electron chi connectivity index (χ1n) is 6.75. The second-order valence-electron chi connectivity index (χ2n) is 4.94. The van der Waals surface area contributed by atoms with Crippen molar-refractivity contribution in [1.82, 2.24) is 0 Å². The Balaban J connectivity index is 2.08. The summed E-state index contributed by atoms with van der Waals surface area (Å²) in [5, 5.41) is 8.72. The van der Waals surface area contributed by atoms with Gasteiger partial charge in [-0.1, -0.05) is 19.1 Å². The van der Waals surface area contributed by atoms with E-state index >= 15 is 0 Å². The highest BCUT2D eigenvalue weighted by Gasteiger charge is 2.28. The molecule has 2 N–H and O–H groups in total. The number of anilines is 1. The number of hydrogen-bond acceptors (Lipinski definition) is 3. The molecule has 0 spiro atoms. The van der Waals surface area contributed by atoms with E-state index in [-0.39, 0.29) is 6.04 Å². The smallest absolute Gasteiger partial charge is 0.0640 e. The van der Waals surface area contributed by atoms with Crippen molar-refractivity contribution < 1.29 is 0 Å². The van der Waals surface area contributed by atoms with Crippen LogP contribution >= 0.6 is 0 Å². The zero-order valence-corrected chi connectivity index (χ0v) is 11.0.